The lowest BCUT2D eigenvalue weighted by Crippen LogP contribution is -2.48. The number of hydrogen-bond acceptors (Lipinski definition) is 4. The Balaban J connectivity index is 1.47. The van der Waals surface area contributed by atoms with Gasteiger partial charge in [-0.05, 0) is 19.9 Å². The molecule has 1 amide bonds. The zero-order valence-corrected chi connectivity index (χ0v) is 13.2. The van der Waals surface area contributed by atoms with Crippen LogP contribution in [0.25, 0.3) is 0 Å². The van der Waals surface area contributed by atoms with Crippen LogP contribution in [0.3, 0.4) is 0 Å². The van der Waals surface area contributed by atoms with Crippen molar-refractivity contribution in [2.24, 2.45) is 0 Å². The van der Waals surface area contributed by atoms with E-state index in [0.717, 1.165) is 30.9 Å². The third-order valence-electron chi connectivity index (χ3n) is 4.24. The summed E-state index contributed by atoms with van der Waals surface area (Å²) in [5.41, 5.74) is 0.994. The number of fused-ring (bicyclic) bond motifs is 1. The number of carbonyl (C=O) groups excluding carboxylic acids is 1. The summed E-state index contributed by atoms with van der Waals surface area (Å²) in [6.07, 6.45) is 0.518. The summed E-state index contributed by atoms with van der Waals surface area (Å²) in [5, 5.41) is 3.04. The summed E-state index contributed by atoms with van der Waals surface area (Å²) < 4.78 is 11.3. The molecule has 1 saturated heterocycles. The second-order valence-electron chi connectivity index (χ2n) is 6.21. The minimum Gasteiger partial charge on any atom is -0.492 e. The molecule has 5 heteroatoms. The predicted octanol–water partition coefficient (Wildman–Crippen LogP) is 1.39. The van der Waals surface area contributed by atoms with Crippen LogP contribution in [0.15, 0.2) is 24.3 Å². The van der Waals surface area contributed by atoms with E-state index >= 15 is 0 Å². The Morgan fingerprint density at radius 2 is 2.00 bits per heavy atom. The molecule has 0 radical (unpaired) electrons. The van der Waals surface area contributed by atoms with Crippen LogP contribution in [0.1, 0.15) is 25.3 Å². The van der Waals surface area contributed by atoms with Gasteiger partial charge in [0.2, 0.25) is 5.91 Å². The first-order valence-electron chi connectivity index (χ1n) is 8.00. The summed E-state index contributed by atoms with van der Waals surface area (Å²) in [6.45, 7) is 8.00. The fourth-order valence-electron chi connectivity index (χ4n) is 3.31. The van der Waals surface area contributed by atoms with E-state index in [4.69, 9.17) is 9.47 Å². The van der Waals surface area contributed by atoms with Crippen molar-refractivity contribution in [3.05, 3.63) is 29.8 Å². The van der Waals surface area contributed by atoms with Gasteiger partial charge in [-0.2, -0.15) is 0 Å². The van der Waals surface area contributed by atoms with Gasteiger partial charge in [0.05, 0.1) is 12.2 Å². The molecule has 0 aromatic heterocycles. The minimum absolute atomic E-state index is 0.0549. The van der Waals surface area contributed by atoms with Crippen LogP contribution in [0, 0.1) is 0 Å². The Labute approximate surface area is 131 Å². The molecule has 3 atom stereocenters. The van der Waals surface area contributed by atoms with Gasteiger partial charge in [0.25, 0.3) is 0 Å². The quantitative estimate of drug-likeness (QED) is 0.913. The standard InChI is InChI=1S/C17H24N2O3/c1-12-9-19(10-13(2)22-12)8-7-18-17(20)15-11-21-16-6-4-3-5-14(15)16/h3-6,12-13,15H,7-11H2,1-2H3,(H,18,20)/t12-,13+,15-/m0/s1. The largest absolute Gasteiger partial charge is 0.492 e. The molecule has 1 fully saturated rings. The Hall–Kier alpha value is -1.59. The molecule has 5 nitrogen and oxygen atoms in total. The third-order valence-corrected chi connectivity index (χ3v) is 4.24. The Morgan fingerprint density at radius 3 is 2.77 bits per heavy atom. The van der Waals surface area contributed by atoms with Crippen LogP contribution in [0.5, 0.6) is 5.75 Å². The number of morpholine rings is 1. The SMILES string of the molecule is C[C@@H]1CN(CCNC(=O)[C@H]2COc3ccccc32)C[C@H](C)O1. The molecule has 0 spiro atoms. The first-order valence-corrected chi connectivity index (χ1v) is 8.00. The highest BCUT2D eigenvalue weighted by Gasteiger charge is 2.30. The van der Waals surface area contributed by atoms with Crippen molar-refractivity contribution in [3.63, 3.8) is 0 Å². The maximum atomic E-state index is 12.3. The van der Waals surface area contributed by atoms with Crippen LogP contribution in [-0.4, -0.2) is 55.8 Å². The van der Waals surface area contributed by atoms with Gasteiger partial charge in [-0.3, -0.25) is 9.69 Å². The Morgan fingerprint density at radius 1 is 1.27 bits per heavy atom. The highest BCUT2D eigenvalue weighted by molar-refractivity contribution is 5.85. The number of benzene rings is 1. The maximum Gasteiger partial charge on any atom is 0.231 e. The number of amides is 1. The lowest BCUT2D eigenvalue weighted by Gasteiger charge is -2.35. The van der Waals surface area contributed by atoms with E-state index in [1.807, 2.05) is 24.3 Å². The van der Waals surface area contributed by atoms with Crippen LogP contribution < -0.4 is 10.1 Å². The van der Waals surface area contributed by atoms with Crippen LogP contribution in [-0.2, 0) is 9.53 Å². The van der Waals surface area contributed by atoms with Crippen molar-refractivity contribution in [2.45, 2.75) is 32.0 Å². The molecular weight excluding hydrogens is 280 g/mol. The predicted molar refractivity (Wildman–Crippen MR) is 84.1 cm³/mol. The molecular formula is C17H24N2O3. The summed E-state index contributed by atoms with van der Waals surface area (Å²) in [4.78, 5) is 14.7. The smallest absolute Gasteiger partial charge is 0.231 e. The van der Waals surface area contributed by atoms with Crippen molar-refractivity contribution >= 4 is 5.91 Å². The normalized spacial score (nSPS) is 28.0. The van der Waals surface area contributed by atoms with E-state index in [1.165, 1.54) is 0 Å². The second kappa shape index (κ2) is 6.67. The fraction of sp³-hybridized carbons (Fsp3) is 0.588. The average molecular weight is 304 g/mol. The molecule has 2 aliphatic heterocycles. The number of nitrogens with one attached hydrogen (secondary N) is 1. The van der Waals surface area contributed by atoms with Crippen LogP contribution in [0.4, 0.5) is 0 Å². The topological polar surface area (TPSA) is 50.8 Å². The lowest BCUT2D eigenvalue weighted by atomic mass is 10.0. The lowest BCUT2D eigenvalue weighted by molar-refractivity contribution is -0.122. The molecule has 1 N–H and O–H groups in total. The van der Waals surface area contributed by atoms with Gasteiger partial charge in [-0.15, -0.1) is 0 Å². The van der Waals surface area contributed by atoms with Crippen molar-refractivity contribution < 1.29 is 14.3 Å². The molecule has 0 bridgehead atoms. The maximum absolute atomic E-state index is 12.3. The van der Waals surface area contributed by atoms with Gasteiger partial charge in [-0.1, -0.05) is 18.2 Å². The molecule has 22 heavy (non-hydrogen) atoms. The number of nitrogens with zero attached hydrogens (tertiary/aromatic N) is 1. The Bertz CT molecular complexity index is 524. The van der Waals surface area contributed by atoms with E-state index in [0.29, 0.717) is 13.2 Å². The zero-order valence-electron chi connectivity index (χ0n) is 13.2. The van der Waals surface area contributed by atoms with Crippen LogP contribution >= 0.6 is 0 Å². The molecule has 120 valence electrons. The minimum atomic E-state index is -0.182. The summed E-state index contributed by atoms with van der Waals surface area (Å²) in [5.74, 6) is 0.705. The first-order chi connectivity index (χ1) is 10.6. The fourth-order valence-corrected chi connectivity index (χ4v) is 3.31. The third kappa shape index (κ3) is 3.42. The van der Waals surface area contributed by atoms with E-state index in [-0.39, 0.29) is 24.0 Å². The monoisotopic (exact) mass is 304 g/mol. The molecule has 1 aromatic carbocycles. The van der Waals surface area contributed by atoms with Crippen molar-refractivity contribution in [1.29, 1.82) is 0 Å². The number of carbonyl (C=O) groups is 1. The Kier molecular flexibility index (Phi) is 4.64. The summed E-state index contributed by atoms with van der Waals surface area (Å²) in [6, 6.07) is 7.77. The van der Waals surface area contributed by atoms with Gasteiger partial charge in [-0.25, -0.2) is 0 Å². The average Bonchev–Trinajstić information content (AvgIpc) is 2.90. The molecule has 0 unspecified atom stereocenters. The molecule has 0 aliphatic carbocycles. The van der Waals surface area contributed by atoms with E-state index in [9.17, 15) is 4.79 Å². The zero-order chi connectivity index (χ0) is 15.5. The molecule has 3 rings (SSSR count). The van der Waals surface area contributed by atoms with Gasteiger partial charge in [0, 0.05) is 31.7 Å². The number of hydrogen-bond donors (Lipinski definition) is 1. The second-order valence-corrected chi connectivity index (χ2v) is 6.21. The van der Waals surface area contributed by atoms with Crippen molar-refractivity contribution in [1.82, 2.24) is 10.2 Å². The van der Waals surface area contributed by atoms with Gasteiger partial charge in [0.15, 0.2) is 0 Å². The molecule has 2 aliphatic rings. The van der Waals surface area contributed by atoms with Gasteiger partial charge >= 0.3 is 0 Å². The van der Waals surface area contributed by atoms with E-state index < -0.39 is 0 Å². The van der Waals surface area contributed by atoms with E-state index in [1.54, 1.807) is 0 Å². The van der Waals surface area contributed by atoms with Crippen molar-refractivity contribution in [2.75, 3.05) is 32.8 Å². The van der Waals surface area contributed by atoms with Crippen molar-refractivity contribution in [3.8, 4) is 5.75 Å². The molecule has 0 saturated carbocycles. The van der Waals surface area contributed by atoms with Gasteiger partial charge in [0.1, 0.15) is 18.3 Å². The highest BCUT2D eigenvalue weighted by Crippen LogP contribution is 2.33. The number of para-hydroxylation sites is 1. The first kappa shape index (κ1) is 15.3. The van der Waals surface area contributed by atoms with E-state index in [2.05, 4.69) is 24.1 Å². The molecule has 1 aromatic rings. The number of rotatable bonds is 4. The highest BCUT2D eigenvalue weighted by atomic mass is 16.5. The number of ether oxygens (including phenoxy) is 2. The molecule has 2 heterocycles. The summed E-state index contributed by atoms with van der Waals surface area (Å²) >= 11 is 0. The van der Waals surface area contributed by atoms with Crippen LogP contribution in [0.2, 0.25) is 0 Å². The van der Waals surface area contributed by atoms with Gasteiger partial charge < -0.3 is 14.8 Å². The summed E-state index contributed by atoms with van der Waals surface area (Å²) in [7, 11) is 0.